The Bertz CT molecular complexity index is 916. The van der Waals surface area contributed by atoms with Crippen molar-refractivity contribution in [1.82, 2.24) is 9.13 Å². The Morgan fingerprint density at radius 1 is 1.28 bits per heavy atom. The molecule has 0 saturated heterocycles. The van der Waals surface area contributed by atoms with E-state index in [1.807, 2.05) is 6.92 Å². The maximum absolute atomic E-state index is 14.7. The Morgan fingerprint density at radius 2 is 1.92 bits per heavy atom. The molecule has 135 valence electrons. The van der Waals surface area contributed by atoms with Gasteiger partial charge >= 0.3 is 11.9 Å². The molecule has 1 heterocycles. The molecule has 0 aliphatic heterocycles. The van der Waals surface area contributed by atoms with Crippen LogP contribution >= 0.6 is 11.6 Å². The molecule has 0 fully saturated rings. The number of hydrogen-bond donors (Lipinski definition) is 0. The van der Waals surface area contributed by atoms with Crippen LogP contribution in [0.15, 0.2) is 21.7 Å². The molecular weight excluding hydrogens is 364 g/mol. The Kier molecular flexibility index (Phi) is 5.41. The standard InChI is InChI=1S/C16H14ClF4N2O2/c1-3-4-5-9-10(17)6-7-11(14(9)18)23-13(24)8-12(16(19,20)21)22(2)15(23)25/h7-8H,3-5H2,1-2H3. The van der Waals surface area contributed by atoms with Crippen molar-refractivity contribution in [3.8, 4) is 5.69 Å². The first-order valence-electron chi connectivity index (χ1n) is 7.38. The fraction of sp³-hybridized carbons (Fsp3) is 0.375. The van der Waals surface area contributed by atoms with Crippen molar-refractivity contribution in [2.75, 3.05) is 0 Å². The highest BCUT2D eigenvalue weighted by Gasteiger charge is 2.35. The van der Waals surface area contributed by atoms with Gasteiger partial charge in [0.05, 0.1) is 10.7 Å². The number of hydrogen-bond acceptors (Lipinski definition) is 2. The van der Waals surface area contributed by atoms with Gasteiger partial charge in [-0.1, -0.05) is 24.9 Å². The summed E-state index contributed by atoms with van der Waals surface area (Å²) in [6, 6.07) is 3.76. The summed E-state index contributed by atoms with van der Waals surface area (Å²) in [5, 5.41) is 0.00600. The van der Waals surface area contributed by atoms with Gasteiger partial charge in [0.25, 0.3) is 5.56 Å². The van der Waals surface area contributed by atoms with E-state index in [2.05, 4.69) is 6.07 Å². The minimum absolute atomic E-state index is 0.00600. The predicted molar refractivity (Wildman–Crippen MR) is 84.7 cm³/mol. The van der Waals surface area contributed by atoms with Gasteiger partial charge in [-0.25, -0.2) is 13.8 Å². The average molecular weight is 378 g/mol. The second-order valence-electron chi connectivity index (χ2n) is 5.43. The van der Waals surface area contributed by atoms with Crippen LogP contribution in [0.25, 0.3) is 5.69 Å². The first-order chi connectivity index (χ1) is 11.6. The van der Waals surface area contributed by atoms with E-state index in [-0.39, 0.29) is 27.6 Å². The normalized spacial score (nSPS) is 11.8. The van der Waals surface area contributed by atoms with E-state index in [4.69, 9.17) is 11.6 Å². The lowest BCUT2D eigenvalue weighted by Crippen LogP contribution is -2.41. The van der Waals surface area contributed by atoms with Gasteiger partial charge < -0.3 is 0 Å². The molecule has 0 amide bonds. The average Bonchev–Trinajstić information content (AvgIpc) is 2.52. The van der Waals surface area contributed by atoms with Crippen molar-refractivity contribution in [1.29, 1.82) is 0 Å². The molecule has 0 saturated carbocycles. The first kappa shape index (κ1) is 19.2. The monoisotopic (exact) mass is 377 g/mol. The second kappa shape index (κ2) is 7.03. The van der Waals surface area contributed by atoms with E-state index < -0.39 is 34.6 Å². The van der Waals surface area contributed by atoms with Crippen LogP contribution in [0.2, 0.25) is 5.02 Å². The van der Waals surface area contributed by atoms with Crippen LogP contribution in [0.5, 0.6) is 0 Å². The van der Waals surface area contributed by atoms with Gasteiger partial charge in [0, 0.05) is 24.7 Å². The van der Waals surface area contributed by atoms with Crippen molar-refractivity contribution in [2.45, 2.75) is 32.4 Å². The molecule has 1 aromatic carbocycles. The third-order valence-corrected chi connectivity index (χ3v) is 4.06. The summed E-state index contributed by atoms with van der Waals surface area (Å²) in [5.41, 5.74) is -4.42. The van der Waals surface area contributed by atoms with Crippen molar-refractivity contribution in [2.24, 2.45) is 7.05 Å². The quantitative estimate of drug-likeness (QED) is 0.766. The zero-order chi connectivity index (χ0) is 18.9. The zero-order valence-corrected chi connectivity index (χ0v) is 14.1. The molecule has 2 aromatic rings. The molecule has 0 aliphatic rings. The Labute approximate surface area is 145 Å². The van der Waals surface area contributed by atoms with Crippen molar-refractivity contribution < 1.29 is 17.6 Å². The fourth-order valence-corrected chi connectivity index (χ4v) is 2.62. The van der Waals surface area contributed by atoms with Crippen LogP contribution in [0.1, 0.15) is 31.0 Å². The SMILES string of the molecule is CCCCc1c(Cl)[c]cc(-n2c(=O)cc(C(F)(F)F)n(C)c2=O)c1F. The first-order valence-corrected chi connectivity index (χ1v) is 7.76. The summed E-state index contributed by atoms with van der Waals surface area (Å²) < 4.78 is 53.9. The summed E-state index contributed by atoms with van der Waals surface area (Å²) in [7, 11) is 0.858. The molecule has 4 nitrogen and oxygen atoms in total. The lowest BCUT2D eigenvalue weighted by Gasteiger charge is -2.15. The number of halogens is 5. The number of benzene rings is 1. The van der Waals surface area contributed by atoms with Crippen molar-refractivity contribution in [3.05, 3.63) is 61.1 Å². The van der Waals surface area contributed by atoms with Gasteiger partial charge in [-0.15, -0.1) is 0 Å². The van der Waals surface area contributed by atoms with Crippen LogP contribution in [0, 0.1) is 11.9 Å². The van der Waals surface area contributed by atoms with E-state index in [1.54, 1.807) is 0 Å². The molecule has 0 unspecified atom stereocenters. The van der Waals surface area contributed by atoms with Crippen molar-refractivity contribution >= 4 is 11.6 Å². The number of aromatic nitrogens is 2. The highest BCUT2D eigenvalue weighted by molar-refractivity contribution is 6.31. The molecule has 0 bridgehead atoms. The summed E-state index contributed by atoms with van der Waals surface area (Å²) in [5.74, 6) is -0.920. The Balaban J connectivity index is 2.74. The summed E-state index contributed by atoms with van der Waals surface area (Å²) in [4.78, 5) is 24.3. The van der Waals surface area contributed by atoms with E-state index >= 15 is 0 Å². The highest BCUT2D eigenvalue weighted by atomic mass is 35.5. The van der Waals surface area contributed by atoms with Gasteiger partial charge in [-0.2, -0.15) is 13.2 Å². The predicted octanol–water partition coefficient (Wildman–Crippen LogP) is 3.49. The van der Waals surface area contributed by atoms with Gasteiger partial charge in [-0.3, -0.25) is 9.36 Å². The number of nitrogens with zero attached hydrogens (tertiary/aromatic N) is 2. The number of unbranched alkanes of at least 4 members (excludes halogenated alkanes) is 1. The van der Waals surface area contributed by atoms with Gasteiger partial charge in [0.2, 0.25) is 0 Å². The molecular formula is C16H14ClF4N2O2. The molecule has 0 spiro atoms. The number of alkyl halides is 3. The molecule has 1 radical (unpaired) electrons. The Morgan fingerprint density at radius 3 is 2.48 bits per heavy atom. The minimum Gasteiger partial charge on any atom is -0.292 e. The van der Waals surface area contributed by atoms with E-state index in [0.29, 0.717) is 11.0 Å². The largest absolute Gasteiger partial charge is 0.431 e. The second-order valence-corrected chi connectivity index (χ2v) is 5.80. The maximum Gasteiger partial charge on any atom is 0.431 e. The molecule has 2 rings (SSSR count). The van der Waals surface area contributed by atoms with E-state index in [9.17, 15) is 27.2 Å². The topological polar surface area (TPSA) is 44.0 Å². The molecule has 0 atom stereocenters. The summed E-state index contributed by atoms with van der Waals surface area (Å²) >= 11 is 5.91. The lowest BCUT2D eigenvalue weighted by atomic mass is 10.1. The summed E-state index contributed by atoms with van der Waals surface area (Å²) in [6.07, 6.45) is -3.28. The fourth-order valence-electron chi connectivity index (χ4n) is 2.39. The highest BCUT2D eigenvalue weighted by Crippen LogP contribution is 2.28. The summed E-state index contributed by atoms with van der Waals surface area (Å²) in [6.45, 7) is 1.88. The molecule has 25 heavy (non-hydrogen) atoms. The van der Waals surface area contributed by atoms with Crippen LogP contribution < -0.4 is 11.2 Å². The lowest BCUT2D eigenvalue weighted by molar-refractivity contribution is -0.144. The van der Waals surface area contributed by atoms with Gasteiger partial charge in [0.15, 0.2) is 5.82 Å². The third kappa shape index (κ3) is 3.63. The van der Waals surface area contributed by atoms with E-state index in [1.165, 1.54) is 0 Å². The molecule has 0 aliphatic carbocycles. The third-order valence-electron chi connectivity index (χ3n) is 3.72. The molecule has 0 N–H and O–H groups in total. The van der Waals surface area contributed by atoms with E-state index in [0.717, 1.165) is 19.5 Å². The Hall–Kier alpha value is -2.09. The maximum atomic E-state index is 14.7. The van der Waals surface area contributed by atoms with Gasteiger partial charge in [0.1, 0.15) is 5.69 Å². The minimum atomic E-state index is -4.89. The van der Waals surface area contributed by atoms with Crippen molar-refractivity contribution in [3.63, 3.8) is 0 Å². The van der Waals surface area contributed by atoms with Crippen LogP contribution in [-0.2, 0) is 19.6 Å². The van der Waals surface area contributed by atoms with Crippen LogP contribution in [-0.4, -0.2) is 9.13 Å². The van der Waals surface area contributed by atoms with Crippen LogP contribution in [0.4, 0.5) is 17.6 Å². The van der Waals surface area contributed by atoms with Crippen LogP contribution in [0.3, 0.4) is 0 Å². The smallest absolute Gasteiger partial charge is 0.292 e. The zero-order valence-electron chi connectivity index (χ0n) is 13.4. The molecule has 1 aromatic heterocycles. The number of rotatable bonds is 4. The van der Waals surface area contributed by atoms with Gasteiger partial charge in [-0.05, 0) is 18.9 Å². The molecule has 9 heteroatoms.